The molecule has 0 N–H and O–H groups in total. The lowest BCUT2D eigenvalue weighted by Gasteiger charge is -2.18. The Hall–Kier alpha value is -3.43. The van der Waals surface area contributed by atoms with Gasteiger partial charge >= 0.3 is 5.88 Å². The maximum Gasteiger partial charge on any atom is 0.320 e. The lowest BCUT2D eigenvalue weighted by atomic mass is 10.2. The van der Waals surface area contributed by atoms with Gasteiger partial charge in [-0.1, -0.05) is 58.4 Å². The normalized spacial score (nSPS) is 15.5. The SMILES string of the molecule is CC[n+]1cc(/N=C(/[O-])CSC2=N/C(=C/c3ccc(Cl)cc3)C(=O)N2c2ccccc2)on1. The van der Waals surface area contributed by atoms with Crippen LogP contribution in [0.15, 0.2) is 81.0 Å². The summed E-state index contributed by atoms with van der Waals surface area (Å²) in [6, 6.07) is 16.2. The Labute approximate surface area is 193 Å². The molecule has 0 fully saturated rings. The van der Waals surface area contributed by atoms with Crippen LogP contribution >= 0.6 is 23.4 Å². The standard InChI is InChI=1S/C22H18ClN5O3S/c1-2-27-13-20(31-26-27)25-19(29)14-32-22-24-18(12-15-8-10-16(23)11-9-15)21(30)28(22)17-6-4-3-5-7-17/h3-13H,2,14H2,1H3/b18-12+. The highest BCUT2D eigenvalue weighted by Gasteiger charge is 2.31. The number of amidine groups is 1. The number of rotatable bonds is 6. The molecule has 0 aliphatic carbocycles. The number of nitrogens with zero attached hydrogens (tertiary/aromatic N) is 5. The van der Waals surface area contributed by atoms with Crippen molar-refractivity contribution in [1.82, 2.24) is 5.27 Å². The third-order valence-electron chi connectivity index (χ3n) is 4.40. The zero-order valence-corrected chi connectivity index (χ0v) is 18.6. The molecule has 4 rings (SSSR count). The number of carbonyl (C=O) groups excluding carboxylic acids is 1. The maximum absolute atomic E-state index is 13.1. The van der Waals surface area contributed by atoms with Crippen molar-refractivity contribution in [3.05, 3.63) is 77.1 Å². The minimum absolute atomic E-state index is 0.0174. The molecule has 8 nitrogen and oxygen atoms in total. The van der Waals surface area contributed by atoms with Crippen LogP contribution in [0, 0.1) is 0 Å². The van der Waals surface area contributed by atoms with Crippen molar-refractivity contribution in [2.45, 2.75) is 13.5 Å². The molecular formula is C22H18ClN5O3S. The molecule has 2 aromatic carbocycles. The lowest BCUT2D eigenvalue weighted by molar-refractivity contribution is -0.759. The largest absolute Gasteiger partial charge is 0.861 e. The Morgan fingerprint density at radius 1 is 1.25 bits per heavy atom. The number of anilines is 1. The molecule has 0 bridgehead atoms. The molecule has 0 spiro atoms. The molecule has 1 amide bonds. The van der Waals surface area contributed by atoms with Crippen molar-refractivity contribution < 1.29 is 19.1 Å². The van der Waals surface area contributed by atoms with E-state index in [-0.39, 0.29) is 23.2 Å². The number of thioether (sulfide) groups is 1. The van der Waals surface area contributed by atoms with E-state index in [0.717, 1.165) is 17.3 Å². The molecule has 0 atom stereocenters. The van der Waals surface area contributed by atoms with Gasteiger partial charge in [0.1, 0.15) is 5.70 Å². The van der Waals surface area contributed by atoms with Crippen LogP contribution in [0.1, 0.15) is 12.5 Å². The first-order chi connectivity index (χ1) is 15.5. The summed E-state index contributed by atoms with van der Waals surface area (Å²) in [6.45, 7) is 2.50. The fraction of sp³-hybridized carbons (Fsp3) is 0.136. The van der Waals surface area contributed by atoms with Gasteiger partial charge in [-0.2, -0.15) is 0 Å². The smallest absolute Gasteiger partial charge is 0.320 e. The average Bonchev–Trinajstić information content (AvgIpc) is 3.38. The van der Waals surface area contributed by atoms with Gasteiger partial charge in [0.05, 0.1) is 5.69 Å². The number of carbonyl (C=O) groups is 1. The third kappa shape index (κ3) is 5.06. The van der Waals surface area contributed by atoms with E-state index in [1.165, 1.54) is 9.58 Å². The zero-order chi connectivity index (χ0) is 22.5. The van der Waals surface area contributed by atoms with Gasteiger partial charge in [0, 0.05) is 10.8 Å². The van der Waals surface area contributed by atoms with Crippen LogP contribution in [-0.2, 0) is 11.3 Å². The van der Waals surface area contributed by atoms with Crippen LogP contribution in [0.4, 0.5) is 11.6 Å². The minimum Gasteiger partial charge on any atom is -0.861 e. The van der Waals surface area contributed by atoms with E-state index in [1.54, 1.807) is 36.5 Å². The Bertz CT molecular complexity index is 1210. The summed E-state index contributed by atoms with van der Waals surface area (Å²) in [7, 11) is 0. The summed E-state index contributed by atoms with van der Waals surface area (Å²) in [6.07, 6.45) is 3.23. The Balaban J connectivity index is 1.58. The summed E-state index contributed by atoms with van der Waals surface area (Å²) in [5.41, 5.74) is 1.72. The second-order valence-electron chi connectivity index (χ2n) is 6.64. The van der Waals surface area contributed by atoms with Gasteiger partial charge < -0.3 is 5.11 Å². The van der Waals surface area contributed by atoms with Gasteiger partial charge in [0.15, 0.2) is 11.7 Å². The minimum atomic E-state index is -0.423. The topological polar surface area (TPSA) is 98.0 Å². The number of aryl methyl sites for hydroxylation is 1. The fourth-order valence-electron chi connectivity index (χ4n) is 2.86. The summed E-state index contributed by atoms with van der Waals surface area (Å²) >= 11 is 7.07. The molecule has 1 aromatic heterocycles. The van der Waals surface area contributed by atoms with Gasteiger partial charge in [-0.25, -0.2) is 9.98 Å². The van der Waals surface area contributed by atoms with Crippen LogP contribution in [-0.4, -0.2) is 28.0 Å². The molecule has 10 heteroatoms. The highest BCUT2D eigenvalue weighted by molar-refractivity contribution is 8.14. The molecule has 162 valence electrons. The molecule has 1 aliphatic rings. The Kier molecular flexibility index (Phi) is 6.67. The van der Waals surface area contributed by atoms with Crippen LogP contribution in [0.3, 0.4) is 0 Å². The van der Waals surface area contributed by atoms with E-state index in [4.69, 9.17) is 16.1 Å². The monoisotopic (exact) mass is 467 g/mol. The van der Waals surface area contributed by atoms with Crippen molar-refractivity contribution in [3.63, 3.8) is 0 Å². The van der Waals surface area contributed by atoms with Crippen LogP contribution in [0.25, 0.3) is 6.08 Å². The molecule has 0 saturated heterocycles. The van der Waals surface area contributed by atoms with Gasteiger partial charge in [-0.3, -0.25) is 14.2 Å². The number of halogens is 1. The number of para-hydroxylation sites is 1. The highest BCUT2D eigenvalue weighted by atomic mass is 35.5. The first-order valence-electron chi connectivity index (χ1n) is 9.73. The number of aliphatic imine (C=N–C) groups is 2. The van der Waals surface area contributed by atoms with Gasteiger partial charge in [0.25, 0.3) is 12.1 Å². The average molecular weight is 468 g/mol. The van der Waals surface area contributed by atoms with Crippen molar-refractivity contribution >= 4 is 58.0 Å². The van der Waals surface area contributed by atoms with Crippen molar-refractivity contribution in [2.24, 2.45) is 9.98 Å². The molecule has 0 unspecified atom stereocenters. The Morgan fingerprint density at radius 2 is 2.00 bits per heavy atom. The third-order valence-corrected chi connectivity index (χ3v) is 5.58. The number of benzene rings is 2. The molecular weight excluding hydrogens is 450 g/mol. The predicted molar refractivity (Wildman–Crippen MR) is 123 cm³/mol. The maximum atomic E-state index is 13.1. The van der Waals surface area contributed by atoms with E-state index >= 15 is 0 Å². The fourth-order valence-corrected chi connectivity index (χ4v) is 3.79. The zero-order valence-electron chi connectivity index (χ0n) is 17.0. The quantitative estimate of drug-likeness (QED) is 0.240. The number of hydrogen-bond acceptors (Lipinski definition) is 7. The molecule has 1 aliphatic heterocycles. The molecule has 32 heavy (non-hydrogen) atoms. The summed E-state index contributed by atoms with van der Waals surface area (Å²) in [4.78, 5) is 23.0. The van der Waals surface area contributed by atoms with E-state index in [2.05, 4.69) is 15.3 Å². The van der Waals surface area contributed by atoms with Gasteiger partial charge in [0.2, 0.25) is 5.27 Å². The van der Waals surface area contributed by atoms with Crippen LogP contribution in [0.5, 0.6) is 0 Å². The predicted octanol–water partition coefficient (Wildman–Crippen LogP) is 3.20. The first kappa shape index (κ1) is 21.8. The summed E-state index contributed by atoms with van der Waals surface area (Å²) < 4.78 is 6.53. The number of hydrogen-bond donors (Lipinski definition) is 0. The molecule has 3 aromatic rings. The Morgan fingerprint density at radius 3 is 2.69 bits per heavy atom. The van der Waals surface area contributed by atoms with Crippen LogP contribution in [0.2, 0.25) is 5.02 Å². The van der Waals surface area contributed by atoms with Crippen LogP contribution < -0.4 is 14.7 Å². The summed E-state index contributed by atoms with van der Waals surface area (Å²) in [5.74, 6) is -0.591. The first-order valence-corrected chi connectivity index (χ1v) is 11.1. The molecule has 0 saturated carbocycles. The number of amides is 1. The number of aromatic nitrogens is 2. The lowest BCUT2D eigenvalue weighted by Crippen LogP contribution is -2.32. The second-order valence-corrected chi connectivity index (χ2v) is 8.02. The highest BCUT2D eigenvalue weighted by Crippen LogP contribution is 2.29. The molecule has 2 heterocycles. The van der Waals surface area contributed by atoms with E-state index in [1.807, 2.05) is 37.3 Å². The van der Waals surface area contributed by atoms with E-state index in [0.29, 0.717) is 22.4 Å². The van der Waals surface area contributed by atoms with Crippen molar-refractivity contribution in [3.8, 4) is 0 Å². The van der Waals surface area contributed by atoms with Gasteiger partial charge in [-0.05, 0) is 48.7 Å². The second kappa shape index (κ2) is 9.80. The van der Waals surface area contributed by atoms with Gasteiger partial charge in [-0.15, -0.1) is 0 Å². The van der Waals surface area contributed by atoms with Crippen molar-refractivity contribution in [2.75, 3.05) is 10.7 Å². The summed E-state index contributed by atoms with van der Waals surface area (Å²) in [5, 5.41) is 17.1. The van der Waals surface area contributed by atoms with Crippen molar-refractivity contribution in [1.29, 1.82) is 0 Å². The van der Waals surface area contributed by atoms with E-state index in [9.17, 15) is 9.90 Å². The van der Waals surface area contributed by atoms with E-state index < -0.39 is 5.90 Å². The molecule has 0 radical (unpaired) electrons.